The molecule has 0 N–H and O–H groups in total. The minimum atomic E-state index is -0.159. The molecule has 3 aromatic rings. The second kappa shape index (κ2) is 9.41. The lowest BCUT2D eigenvalue weighted by Gasteiger charge is -2.22. The number of methoxy groups -OCH3 is 1. The van der Waals surface area contributed by atoms with E-state index in [1.54, 1.807) is 19.2 Å². The summed E-state index contributed by atoms with van der Waals surface area (Å²) in [6, 6.07) is 13.3. The molecule has 0 bridgehead atoms. The molecule has 158 valence electrons. The van der Waals surface area contributed by atoms with E-state index < -0.39 is 0 Å². The predicted molar refractivity (Wildman–Crippen MR) is 117 cm³/mol. The molecule has 2 heterocycles. The predicted octanol–water partition coefficient (Wildman–Crippen LogP) is 3.94. The van der Waals surface area contributed by atoms with Crippen LogP contribution in [0.4, 0.5) is 4.39 Å². The van der Waals surface area contributed by atoms with Gasteiger partial charge in [-0.05, 0) is 54.9 Å². The van der Waals surface area contributed by atoms with E-state index in [2.05, 4.69) is 27.0 Å². The first-order chi connectivity index (χ1) is 14.6. The molecule has 0 unspecified atom stereocenters. The zero-order chi connectivity index (χ0) is 20.9. The summed E-state index contributed by atoms with van der Waals surface area (Å²) < 4.78 is 20.9. The molecule has 0 aliphatic carbocycles. The summed E-state index contributed by atoms with van der Waals surface area (Å²) in [4.78, 5) is 4.92. The second-order valence-electron chi connectivity index (χ2n) is 7.97. The van der Waals surface area contributed by atoms with Crippen molar-refractivity contribution in [2.45, 2.75) is 19.5 Å². The van der Waals surface area contributed by atoms with Crippen LogP contribution in [0.1, 0.15) is 17.5 Å². The number of aryl methyl sites for hydroxylation is 1. The van der Waals surface area contributed by atoms with E-state index in [0.29, 0.717) is 0 Å². The van der Waals surface area contributed by atoms with Gasteiger partial charge < -0.3 is 4.74 Å². The van der Waals surface area contributed by atoms with Crippen LogP contribution >= 0.6 is 0 Å². The largest absolute Gasteiger partial charge is 0.496 e. The molecule has 1 fully saturated rings. The highest BCUT2D eigenvalue weighted by atomic mass is 19.1. The van der Waals surface area contributed by atoms with Gasteiger partial charge in [0.1, 0.15) is 11.6 Å². The van der Waals surface area contributed by atoms with Gasteiger partial charge in [0.05, 0.1) is 13.3 Å². The van der Waals surface area contributed by atoms with Gasteiger partial charge in [-0.3, -0.25) is 14.5 Å². The lowest BCUT2D eigenvalue weighted by atomic mass is 10.0. The van der Waals surface area contributed by atoms with Gasteiger partial charge in [-0.1, -0.05) is 18.2 Å². The van der Waals surface area contributed by atoms with E-state index >= 15 is 0 Å². The molecule has 0 atom stereocenters. The molecule has 6 heteroatoms. The van der Waals surface area contributed by atoms with Crippen molar-refractivity contribution in [1.29, 1.82) is 0 Å². The van der Waals surface area contributed by atoms with Crippen molar-refractivity contribution in [3.63, 3.8) is 0 Å². The Kier molecular flexibility index (Phi) is 6.45. The number of aromatic nitrogens is 2. The Morgan fingerprint density at radius 3 is 2.33 bits per heavy atom. The van der Waals surface area contributed by atoms with Crippen molar-refractivity contribution in [2.24, 2.45) is 7.05 Å². The lowest BCUT2D eigenvalue weighted by molar-refractivity contribution is 0.247. The molecular weight excluding hydrogens is 379 g/mol. The maximum Gasteiger partial charge on any atom is 0.126 e. The third-order valence-corrected chi connectivity index (χ3v) is 5.66. The number of halogens is 1. The van der Waals surface area contributed by atoms with Crippen LogP contribution in [0.2, 0.25) is 0 Å². The Balaban J connectivity index is 1.41. The highest BCUT2D eigenvalue weighted by molar-refractivity contribution is 5.70. The molecule has 0 spiro atoms. The third-order valence-electron chi connectivity index (χ3n) is 5.66. The van der Waals surface area contributed by atoms with Crippen molar-refractivity contribution >= 4 is 0 Å². The van der Waals surface area contributed by atoms with E-state index in [4.69, 9.17) is 4.74 Å². The van der Waals surface area contributed by atoms with Gasteiger partial charge in [-0.25, -0.2) is 4.39 Å². The molecule has 5 nitrogen and oxygen atoms in total. The van der Waals surface area contributed by atoms with Crippen LogP contribution in [0, 0.1) is 5.82 Å². The zero-order valence-corrected chi connectivity index (χ0v) is 17.7. The fourth-order valence-corrected chi connectivity index (χ4v) is 4.13. The zero-order valence-electron chi connectivity index (χ0n) is 17.7. The van der Waals surface area contributed by atoms with Crippen molar-refractivity contribution in [1.82, 2.24) is 19.6 Å². The van der Waals surface area contributed by atoms with Gasteiger partial charge in [0.15, 0.2) is 0 Å². The van der Waals surface area contributed by atoms with Crippen LogP contribution in [0.25, 0.3) is 11.1 Å². The number of rotatable bonds is 6. The summed E-state index contributed by atoms with van der Waals surface area (Å²) in [5.41, 5.74) is 4.45. The second-order valence-corrected chi connectivity index (χ2v) is 7.97. The summed E-state index contributed by atoms with van der Waals surface area (Å²) in [5, 5.41) is 4.30. The Bertz CT molecular complexity index is 987. The molecule has 1 saturated heterocycles. The van der Waals surface area contributed by atoms with Crippen LogP contribution in [0.15, 0.2) is 54.9 Å². The first-order valence-electron chi connectivity index (χ1n) is 10.5. The van der Waals surface area contributed by atoms with Crippen LogP contribution in [-0.2, 0) is 20.1 Å². The summed E-state index contributed by atoms with van der Waals surface area (Å²) in [5.74, 6) is 0.705. The molecule has 30 heavy (non-hydrogen) atoms. The Morgan fingerprint density at radius 2 is 1.70 bits per heavy atom. The summed E-state index contributed by atoms with van der Waals surface area (Å²) >= 11 is 0. The summed E-state index contributed by atoms with van der Waals surface area (Å²) in [6.07, 6.45) is 5.00. The van der Waals surface area contributed by atoms with E-state index in [1.165, 1.54) is 11.6 Å². The molecule has 0 radical (unpaired) electrons. The average molecular weight is 409 g/mol. The Hall–Kier alpha value is -2.70. The molecule has 1 aliphatic rings. The van der Waals surface area contributed by atoms with Gasteiger partial charge in [0, 0.05) is 50.6 Å². The van der Waals surface area contributed by atoms with E-state index in [1.807, 2.05) is 36.3 Å². The molecule has 0 saturated carbocycles. The van der Waals surface area contributed by atoms with Crippen LogP contribution in [0.3, 0.4) is 0 Å². The number of benzene rings is 2. The van der Waals surface area contributed by atoms with E-state index in [0.717, 1.165) is 68.1 Å². The standard InChI is InChI=1S/C24H29FN4O/c1-27-18-21(15-26-27)23-14-20(7-8-24(23)30-2)17-29-10-4-9-28(11-12-29)16-19-5-3-6-22(25)13-19/h3,5-8,13-15,18H,4,9-12,16-17H2,1-2H3. The van der Waals surface area contributed by atoms with Crippen molar-refractivity contribution in [3.05, 3.63) is 71.8 Å². The van der Waals surface area contributed by atoms with Gasteiger partial charge in [-0.2, -0.15) is 5.10 Å². The third kappa shape index (κ3) is 5.07. The average Bonchev–Trinajstić information content (AvgIpc) is 3.05. The fraction of sp³-hybridized carbons (Fsp3) is 0.375. The van der Waals surface area contributed by atoms with E-state index in [9.17, 15) is 4.39 Å². The van der Waals surface area contributed by atoms with Crippen LogP contribution < -0.4 is 4.74 Å². The number of nitrogens with zero attached hydrogens (tertiary/aromatic N) is 4. The van der Waals surface area contributed by atoms with Crippen LogP contribution in [0.5, 0.6) is 5.75 Å². The SMILES string of the molecule is COc1ccc(CN2CCCN(Cc3cccc(F)c3)CC2)cc1-c1cnn(C)c1. The molecule has 2 aromatic carbocycles. The first-order valence-corrected chi connectivity index (χ1v) is 10.5. The topological polar surface area (TPSA) is 33.5 Å². The van der Waals surface area contributed by atoms with E-state index in [-0.39, 0.29) is 5.82 Å². The van der Waals surface area contributed by atoms with Crippen molar-refractivity contribution in [2.75, 3.05) is 33.3 Å². The highest BCUT2D eigenvalue weighted by Gasteiger charge is 2.17. The Labute approximate surface area is 177 Å². The Morgan fingerprint density at radius 1 is 0.967 bits per heavy atom. The maximum absolute atomic E-state index is 13.5. The van der Waals surface area contributed by atoms with Gasteiger partial charge in [0.25, 0.3) is 0 Å². The molecule has 1 aliphatic heterocycles. The minimum Gasteiger partial charge on any atom is -0.496 e. The smallest absolute Gasteiger partial charge is 0.126 e. The van der Waals surface area contributed by atoms with Gasteiger partial charge in [-0.15, -0.1) is 0 Å². The fourth-order valence-electron chi connectivity index (χ4n) is 4.13. The molecule has 1 aromatic heterocycles. The number of ether oxygens (including phenoxy) is 1. The molecule has 0 amide bonds. The molecule has 4 rings (SSSR count). The number of hydrogen-bond acceptors (Lipinski definition) is 4. The molecular formula is C24H29FN4O. The van der Waals surface area contributed by atoms with Gasteiger partial charge in [0.2, 0.25) is 0 Å². The monoisotopic (exact) mass is 408 g/mol. The normalized spacial score (nSPS) is 15.8. The summed E-state index contributed by atoms with van der Waals surface area (Å²) in [6.45, 7) is 5.81. The quantitative estimate of drug-likeness (QED) is 0.619. The van der Waals surface area contributed by atoms with Gasteiger partial charge >= 0.3 is 0 Å². The first kappa shape index (κ1) is 20.6. The lowest BCUT2D eigenvalue weighted by Crippen LogP contribution is -2.30. The number of hydrogen-bond donors (Lipinski definition) is 0. The van der Waals surface area contributed by atoms with Crippen molar-refractivity contribution < 1.29 is 9.13 Å². The highest BCUT2D eigenvalue weighted by Crippen LogP contribution is 2.31. The van der Waals surface area contributed by atoms with Crippen LogP contribution in [-0.4, -0.2) is 52.9 Å². The van der Waals surface area contributed by atoms with Crippen molar-refractivity contribution in [3.8, 4) is 16.9 Å². The summed E-state index contributed by atoms with van der Waals surface area (Å²) in [7, 11) is 3.63. The maximum atomic E-state index is 13.5. The minimum absolute atomic E-state index is 0.159.